The fourth-order valence-corrected chi connectivity index (χ4v) is 2.31. The molecule has 0 fully saturated rings. The number of aliphatic hydroxyl groups is 1. The van der Waals surface area contributed by atoms with Crippen LogP contribution in [-0.2, 0) is 6.61 Å². The van der Waals surface area contributed by atoms with E-state index in [0.29, 0.717) is 5.69 Å². The molecule has 0 saturated carbocycles. The monoisotopic (exact) mass is 256 g/mol. The van der Waals surface area contributed by atoms with Crippen molar-refractivity contribution in [2.75, 3.05) is 29.9 Å². The van der Waals surface area contributed by atoms with Gasteiger partial charge < -0.3 is 14.9 Å². The molecule has 0 aliphatic carbocycles. The molecule has 2 heterocycles. The Kier molecular flexibility index (Phi) is 3.05. The molecule has 0 unspecified atom stereocenters. The minimum absolute atomic E-state index is 0.0768. The maximum atomic E-state index is 9.01. The number of aliphatic hydroxyl groups excluding tert-OH is 1. The van der Waals surface area contributed by atoms with Gasteiger partial charge in [-0.25, -0.2) is 4.98 Å². The van der Waals surface area contributed by atoms with Crippen LogP contribution in [0.2, 0.25) is 0 Å². The van der Waals surface area contributed by atoms with E-state index >= 15 is 0 Å². The number of para-hydroxylation sites is 2. The van der Waals surface area contributed by atoms with Crippen LogP contribution in [-0.4, -0.2) is 35.2 Å². The van der Waals surface area contributed by atoms with E-state index in [9.17, 15) is 0 Å². The molecule has 1 aliphatic rings. The van der Waals surface area contributed by atoms with Crippen LogP contribution in [0.15, 0.2) is 36.7 Å². The van der Waals surface area contributed by atoms with Crippen molar-refractivity contribution in [2.24, 2.45) is 0 Å². The normalized spacial score (nSPS) is 14.4. The van der Waals surface area contributed by atoms with Gasteiger partial charge in [0.25, 0.3) is 0 Å². The summed E-state index contributed by atoms with van der Waals surface area (Å²) in [5.41, 5.74) is 2.93. The quantitative estimate of drug-likeness (QED) is 0.883. The average molecular weight is 256 g/mol. The van der Waals surface area contributed by atoms with Crippen molar-refractivity contribution in [1.82, 2.24) is 9.97 Å². The molecule has 0 radical (unpaired) electrons. The summed E-state index contributed by atoms with van der Waals surface area (Å²) < 4.78 is 0. The van der Waals surface area contributed by atoms with Crippen molar-refractivity contribution in [1.29, 1.82) is 0 Å². The first-order valence-corrected chi connectivity index (χ1v) is 6.29. The van der Waals surface area contributed by atoms with Crippen molar-refractivity contribution < 1.29 is 5.11 Å². The molecule has 98 valence electrons. The smallest absolute Gasteiger partial charge is 0.151 e. The molecule has 5 nitrogen and oxygen atoms in total. The molecule has 3 rings (SSSR count). The molecule has 0 saturated heterocycles. The Labute approximate surface area is 112 Å². The lowest BCUT2D eigenvalue weighted by Gasteiger charge is -2.36. The number of hydrogen-bond donors (Lipinski definition) is 1. The topological polar surface area (TPSA) is 52.5 Å². The minimum Gasteiger partial charge on any atom is -0.390 e. The molecular formula is C14H16N4O. The fraction of sp³-hybridized carbons (Fsp3) is 0.286. The summed E-state index contributed by atoms with van der Waals surface area (Å²) in [6.45, 7) is 1.74. The zero-order valence-corrected chi connectivity index (χ0v) is 10.8. The molecule has 0 bridgehead atoms. The van der Waals surface area contributed by atoms with E-state index in [-0.39, 0.29) is 6.61 Å². The number of benzene rings is 1. The standard InChI is InChI=1S/C14H16N4O/c1-17-6-7-18(13-5-3-2-4-12(13)17)14-9-15-11(10-19)8-16-14/h2-5,8-9,19H,6-7,10H2,1H3. The number of rotatable bonds is 2. The second-order valence-electron chi connectivity index (χ2n) is 4.59. The Bertz CT molecular complexity index is 570. The number of aromatic nitrogens is 2. The highest BCUT2D eigenvalue weighted by atomic mass is 16.3. The Hall–Kier alpha value is -2.14. The van der Waals surface area contributed by atoms with Gasteiger partial charge in [-0.05, 0) is 12.1 Å². The van der Waals surface area contributed by atoms with E-state index in [1.54, 1.807) is 12.4 Å². The van der Waals surface area contributed by atoms with E-state index in [0.717, 1.165) is 24.6 Å². The van der Waals surface area contributed by atoms with Gasteiger partial charge >= 0.3 is 0 Å². The predicted octanol–water partition coefficient (Wildman–Crippen LogP) is 1.56. The summed E-state index contributed by atoms with van der Waals surface area (Å²) in [7, 11) is 2.09. The zero-order valence-electron chi connectivity index (χ0n) is 10.8. The number of likely N-dealkylation sites (N-methyl/N-ethyl adjacent to an activating group) is 1. The SMILES string of the molecule is CN1CCN(c2cnc(CO)cn2)c2ccccc21. The maximum Gasteiger partial charge on any atom is 0.151 e. The second kappa shape index (κ2) is 4.85. The molecule has 1 N–H and O–H groups in total. The molecular weight excluding hydrogens is 240 g/mol. The first-order valence-electron chi connectivity index (χ1n) is 6.29. The average Bonchev–Trinajstić information content (AvgIpc) is 2.48. The largest absolute Gasteiger partial charge is 0.390 e. The summed E-state index contributed by atoms with van der Waals surface area (Å²) in [5, 5.41) is 9.01. The lowest BCUT2D eigenvalue weighted by molar-refractivity contribution is 0.276. The lowest BCUT2D eigenvalue weighted by atomic mass is 10.2. The molecule has 2 aromatic rings. The van der Waals surface area contributed by atoms with E-state index in [2.05, 4.69) is 38.9 Å². The van der Waals surface area contributed by atoms with Gasteiger partial charge in [0.15, 0.2) is 5.82 Å². The van der Waals surface area contributed by atoms with Crippen LogP contribution < -0.4 is 9.80 Å². The van der Waals surface area contributed by atoms with E-state index in [4.69, 9.17) is 5.11 Å². The molecule has 5 heteroatoms. The first-order chi connectivity index (χ1) is 9.29. The molecule has 1 aliphatic heterocycles. The Balaban J connectivity index is 1.99. The number of fused-ring (bicyclic) bond motifs is 1. The van der Waals surface area contributed by atoms with Crippen molar-refractivity contribution in [2.45, 2.75) is 6.61 Å². The molecule has 0 amide bonds. The highest BCUT2D eigenvalue weighted by molar-refractivity contribution is 5.77. The lowest BCUT2D eigenvalue weighted by Crippen LogP contribution is -2.36. The predicted molar refractivity (Wildman–Crippen MR) is 74.7 cm³/mol. The second-order valence-corrected chi connectivity index (χ2v) is 4.59. The highest BCUT2D eigenvalue weighted by Crippen LogP contribution is 2.35. The summed E-state index contributed by atoms with van der Waals surface area (Å²) in [4.78, 5) is 13.0. The molecule has 0 atom stereocenters. The van der Waals surface area contributed by atoms with E-state index in [1.165, 1.54) is 5.69 Å². The van der Waals surface area contributed by atoms with E-state index < -0.39 is 0 Å². The van der Waals surface area contributed by atoms with Crippen molar-refractivity contribution in [3.8, 4) is 0 Å². The van der Waals surface area contributed by atoms with Gasteiger partial charge in [0.05, 0.1) is 36.1 Å². The third-order valence-corrected chi connectivity index (χ3v) is 3.37. The Morgan fingerprint density at radius 2 is 1.89 bits per heavy atom. The summed E-state index contributed by atoms with van der Waals surface area (Å²) >= 11 is 0. The first kappa shape index (κ1) is 11.9. The minimum atomic E-state index is -0.0768. The van der Waals surface area contributed by atoms with Crippen LogP contribution in [0.3, 0.4) is 0 Å². The molecule has 1 aromatic heterocycles. The van der Waals surface area contributed by atoms with Gasteiger partial charge in [-0.2, -0.15) is 0 Å². The highest BCUT2D eigenvalue weighted by Gasteiger charge is 2.21. The van der Waals surface area contributed by atoms with Gasteiger partial charge in [-0.15, -0.1) is 0 Å². The van der Waals surface area contributed by atoms with Crippen LogP contribution in [0.5, 0.6) is 0 Å². The third kappa shape index (κ3) is 2.13. The Morgan fingerprint density at radius 1 is 1.11 bits per heavy atom. The van der Waals surface area contributed by atoms with Crippen LogP contribution in [0.25, 0.3) is 0 Å². The maximum absolute atomic E-state index is 9.01. The summed E-state index contributed by atoms with van der Waals surface area (Å²) in [6, 6.07) is 8.27. The van der Waals surface area contributed by atoms with Crippen LogP contribution in [0.1, 0.15) is 5.69 Å². The molecule has 19 heavy (non-hydrogen) atoms. The zero-order chi connectivity index (χ0) is 13.2. The number of anilines is 3. The molecule has 1 aromatic carbocycles. The van der Waals surface area contributed by atoms with Crippen LogP contribution in [0.4, 0.5) is 17.2 Å². The van der Waals surface area contributed by atoms with Crippen LogP contribution >= 0.6 is 0 Å². The van der Waals surface area contributed by atoms with Gasteiger partial charge in [0.2, 0.25) is 0 Å². The molecule has 0 spiro atoms. The van der Waals surface area contributed by atoms with Gasteiger partial charge in [0.1, 0.15) is 0 Å². The van der Waals surface area contributed by atoms with Crippen molar-refractivity contribution in [3.05, 3.63) is 42.4 Å². The van der Waals surface area contributed by atoms with Crippen LogP contribution in [0, 0.1) is 0 Å². The summed E-state index contributed by atoms with van der Waals surface area (Å²) in [6.07, 6.45) is 3.34. The van der Waals surface area contributed by atoms with Gasteiger partial charge in [0, 0.05) is 20.1 Å². The van der Waals surface area contributed by atoms with Gasteiger partial charge in [-0.1, -0.05) is 12.1 Å². The van der Waals surface area contributed by atoms with Gasteiger partial charge in [-0.3, -0.25) is 4.98 Å². The van der Waals surface area contributed by atoms with Crippen molar-refractivity contribution in [3.63, 3.8) is 0 Å². The number of hydrogen-bond acceptors (Lipinski definition) is 5. The number of nitrogens with zero attached hydrogens (tertiary/aromatic N) is 4. The Morgan fingerprint density at radius 3 is 2.58 bits per heavy atom. The third-order valence-electron chi connectivity index (χ3n) is 3.37. The summed E-state index contributed by atoms with van der Waals surface area (Å²) in [5.74, 6) is 0.817. The van der Waals surface area contributed by atoms with Crippen molar-refractivity contribution >= 4 is 17.2 Å². The van der Waals surface area contributed by atoms with E-state index in [1.807, 2.05) is 12.1 Å². The fourth-order valence-electron chi connectivity index (χ4n) is 2.31.